The number of nitrogens with zero attached hydrogens (tertiary/aromatic N) is 3. The van der Waals surface area contributed by atoms with Gasteiger partial charge in [-0.15, -0.1) is 0 Å². The summed E-state index contributed by atoms with van der Waals surface area (Å²) in [6.07, 6.45) is 0.270. The summed E-state index contributed by atoms with van der Waals surface area (Å²) in [5.41, 5.74) is 11.2. The fraction of sp³-hybridized carbons (Fsp3) is 0.333. The molecule has 13 heteroatoms. The molecule has 272 valence electrons. The molecule has 2 saturated heterocycles. The maximum absolute atomic E-state index is 12.8. The minimum atomic E-state index is -0.686. The smallest absolute Gasteiger partial charge is 0.269 e. The first kappa shape index (κ1) is 36.5. The minimum Gasteiger partial charge on any atom is -0.397 e. The van der Waals surface area contributed by atoms with Crippen molar-refractivity contribution in [1.82, 2.24) is 4.90 Å². The first-order valence-electron chi connectivity index (χ1n) is 17.5. The highest BCUT2D eigenvalue weighted by atomic mass is 16.7. The number of aliphatic hydroxyl groups excluding tert-OH is 1. The van der Waals surface area contributed by atoms with E-state index in [-0.39, 0.29) is 54.1 Å². The quantitative estimate of drug-likeness (QED) is 0.0757. The lowest BCUT2D eigenvalue weighted by molar-refractivity contribution is -0.384. The number of amides is 2. The number of nitrogens with one attached hydrogen (secondary N) is 2. The third kappa shape index (κ3) is 9.70. The van der Waals surface area contributed by atoms with Gasteiger partial charge in [0.25, 0.3) is 5.69 Å². The normalized spacial score (nSPS) is 19.2. The molecule has 0 aliphatic carbocycles. The van der Waals surface area contributed by atoms with Gasteiger partial charge in [-0.25, -0.2) is 0 Å². The summed E-state index contributed by atoms with van der Waals surface area (Å²) >= 11 is 0. The number of anilines is 4. The van der Waals surface area contributed by atoms with E-state index in [2.05, 4.69) is 20.4 Å². The van der Waals surface area contributed by atoms with E-state index >= 15 is 0 Å². The monoisotopic (exact) mass is 708 g/mol. The molecule has 2 amide bonds. The number of carbonyl (C=O) groups is 2. The van der Waals surface area contributed by atoms with E-state index in [0.717, 1.165) is 48.6 Å². The maximum atomic E-state index is 12.8. The second-order valence-corrected chi connectivity index (χ2v) is 13.1. The van der Waals surface area contributed by atoms with Crippen LogP contribution in [0.3, 0.4) is 0 Å². The average Bonchev–Trinajstić information content (AvgIpc) is 3.16. The lowest BCUT2D eigenvalue weighted by Gasteiger charge is -2.41. The summed E-state index contributed by atoms with van der Waals surface area (Å²) in [5.74, 6) is -0.414. The Hall–Kier alpha value is -5.34. The van der Waals surface area contributed by atoms with E-state index in [9.17, 15) is 24.8 Å². The average molecular weight is 709 g/mol. The van der Waals surface area contributed by atoms with Crippen molar-refractivity contribution in [2.75, 3.05) is 54.0 Å². The van der Waals surface area contributed by atoms with Crippen LogP contribution >= 0.6 is 0 Å². The molecule has 4 aromatic rings. The SMILES string of the molecule is Nc1ccccc1NC(=O)CCCC(=O)Nc1cccc([C@H]2O[C@@H](CN3CCN(c4ccc([N+](=O)[O-])cc4)CC3)C[C@@H](c3ccc(CO)cc3)O2)c1. The molecule has 0 unspecified atom stereocenters. The molecule has 2 aliphatic rings. The number of nitro benzene ring substituents is 1. The van der Waals surface area contributed by atoms with Crippen molar-refractivity contribution < 1.29 is 29.1 Å². The summed E-state index contributed by atoms with van der Waals surface area (Å²) in [6, 6.07) is 28.9. The van der Waals surface area contributed by atoms with Crippen molar-refractivity contribution in [3.63, 3.8) is 0 Å². The Labute approximate surface area is 302 Å². The standard InChI is InChI=1S/C39H44N6O7/c40-34-7-1-2-8-35(34)42-38(48)10-4-9-37(47)41-30-6-3-5-29(23-30)39-51-33(24-36(52-39)28-13-11-27(26-46)12-14-28)25-43-19-21-44(22-20-43)31-15-17-32(18-16-31)45(49)50/h1-3,5-8,11-18,23,33,36,39,46H,4,9-10,19-22,24-26,40H2,(H,41,47)(H,42,48)/t33-,36+,39+/m1/s1. The zero-order valence-corrected chi connectivity index (χ0v) is 28.9. The zero-order valence-electron chi connectivity index (χ0n) is 28.9. The summed E-state index contributed by atoms with van der Waals surface area (Å²) in [7, 11) is 0. The molecule has 2 heterocycles. The van der Waals surface area contributed by atoms with Gasteiger partial charge in [0, 0.05) is 81.1 Å². The topological polar surface area (TPSA) is 173 Å². The number of hydrogen-bond donors (Lipinski definition) is 4. The summed E-state index contributed by atoms with van der Waals surface area (Å²) in [5, 5.41) is 26.4. The Morgan fingerprint density at radius 2 is 1.56 bits per heavy atom. The Balaban J connectivity index is 1.06. The van der Waals surface area contributed by atoms with Gasteiger partial charge < -0.3 is 35.8 Å². The number of carbonyl (C=O) groups excluding carboxylic acids is 2. The van der Waals surface area contributed by atoms with Gasteiger partial charge in [0.2, 0.25) is 11.8 Å². The fourth-order valence-electron chi connectivity index (χ4n) is 6.51. The number of nitro groups is 1. The van der Waals surface area contributed by atoms with Crippen molar-refractivity contribution >= 4 is 40.3 Å². The van der Waals surface area contributed by atoms with Crippen LogP contribution in [0.1, 0.15) is 54.8 Å². The van der Waals surface area contributed by atoms with E-state index < -0.39 is 6.29 Å². The second kappa shape index (κ2) is 17.2. The van der Waals surface area contributed by atoms with Crippen molar-refractivity contribution in [2.45, 2.75) is 50.8 Å². The van der Waals surface area contributed by atoms with Gasteiger partial charge in [0.05, 0.1) is 35.1 Å². The van der Waals surface area contributed by atoms with Gasteiger partial charge in [0.1, 0.15) is 0 Å². The molecular weight excluding hydrogens is 664 g/mol. The molecule has 4 aromatic carbocycles. The van der Waals surface area contributed by atoms with Gasteiger partial charge in [0.15, 0.2) is 6.29 Å². The van der Waals surface area contributed by atoms with Crippen LogP contribution in [0.5, 0.6) is 0 Å². The van der Waals surface area contributed by atoms with Crippen LogP contribution in [0.25, 0.3) is 0 Å². The molecule has 2 aliphatic heterocycles. The number of benzene rings is 4. The van der Waals surface area contributed by atoms with Crippen molar-refractivity contribution in [3.8, 4) is 0 Å². The predicted molar refractivity (Wildman–Crippen MR) is 199 cm³/mol. The van der Waals surface area contributed by atoms with Gasteiger partial charge in [-0.3, -0.25) is 24.6 Å². The van der Waals surface area contributed by atoms with E-state index in [1.807, 2.05) is 48.5 Å². The molecule has 5 N–H and O–H groups in total. The molecule has 0 bridgehead atoms. The van der Waals surface area contributed by atoms with E-state index in [4.69, 9.17) is 15.2 Å². The van der Waals surface area contributed by atoms with Crippen LogP contribution in [0.4, 0.5) is 28.4 Å². The van der Waals surface area contributed by atoms with E-state index in [1.165, 1.54) is 12.1 Å². The maximum Gasteiger partial charge on any atom is 0.269 e. The van der Waals surface area contributed by atoms with Crippen LogP contribution < -0.4 is 21.3 Å². The predicted octanol–water partition coefficient (Wildman–Crippen LogP) is 5.78. The van der Waals surface area contributed by atoms with Crippen molar-refractivity contribution in [3.05, 3.63) is 124 Å². The van der Waals surface area contributed by atoms with E-state index in [0.29, 0.717) is 36.4 Å². The highest BCUT2D eigenvalue weighted by Crippen LogP contribution is 2.39. The summed E-state index contributed by atoms with van der Waals surface area (Å²) in [6.45, 7) is 3.83. The number of rotatable bonds is 13. The molecule has 2 fully saturated rings. The highest BCUT2D eigenvalue weighted by molar-refractivity contribution is 5.94. The number of nitrogens with two attached hydrogens (primary N) is 1. The van der Waals surface area contributed by atoms with Gasteiger partial charge in [-0.1, -0.05) is 48.5 Å². The van der Waals surface area contributed by atoms with Crippen LogP contribution in [0.2, 0.25) is 0 Å². The van der Waals surface area contributed by atoms with Crippen molar-refractivity contribution in [2.24, 2.45) is 0 Å². The Morgan fingerprint density at radius 1 is 0.846 bits per heavy atom. The number of para-hydroxylation sites is 2. The highest BCUT2D eigenvalue weighted by Gasteiger charge is 2.34. The first-order valence-corrected chi connectivity index (χ1v) is 17.5. The third-order valence-corrected chi connectivity index (χ3v) is 9.36. The number of ether oxygens (including phenoxy) is 2. The minimum absolute atomic E-state index is 0.0411. The largest absolute Gasteiger partial charge is 0.397 e. The molecule has 13 nitrogen and oxygen atoms in total. The van der Waals surface area contributed by atoms with Crippen LogP contribution in [-0.4, -0.2) is 65.6 Å². The van der Waals surface area contributed by atoms with Crippen LogP contribution in [0, 0.1) is 10.1 Å². The second-order valence-electron chi connectivity index (χ2n) is 13.1. The molecule has 3 atom stereocenters. The Kier molecular flexibility index (Phi) is 12.1. The van der Waals surface area contributed by atoms with Gasteiger partial charge >= 0.3 is 0 Å². The Bertz CT molecular complexity index is 1830. The molecule has 0 saturated carbocycles. The summed E-state index contributed by atoms with van der Waals surface area (Å²) < 4.78 is 13.1. The number of hydrogen-bond acceptors (Lipinski definition) is 10. The van der Waals surface area contributed by atoms with Crippen LogP contribution in [-0.2, 0) is 25.7 Å². The lowest BCUT2D eigenvalue weighted by Crippen LogP contribution is -2.49. The molecule has 6 rings (SSSR count). The number of non-ortho nitro benzene ring substituents is 1. The third-order valence-electron chi connectivity index (χ3n) is 9.36. The Morgan fingerprint density at radius 3 is 2.25 bits per heavy atom. The molecule has 0 radical (unpaired) electrons. The van der Waals surface area contributed by atoms with Gasteiger partial charge in [-0.2, -0.15) is 0 Å². The number of aliphatic hydroxyl groups is 1. The summed E-state index contributed by atoms with van der Waals surface area (Å²) in [4.78, 5) is 40.5. The molecular formula is C39H44N6O7. The van der Waals surface area contributed by atoms with Crippen LogP contribution in [0.15, 0.2) is 97.1 Å². The number of piperazine rings is 1. The molecule has 52 heavy (non-hydrogen) atoms. The van der Waals surface area contributed by atoms with E-state index in [1.54, 1.807) is 36.4 Å². The zero-order chi connectivity index (χ0) is 36.5. The lowest BCUT2D eigenvalue weighted by atomic mass is 9.99. The number of nitrogen functional groups attached to an aromatic ring is 1. The first-order chi connectivity index (χ1) is 25.2. The van der Waals surface area contributed by atoms with Gasteiger partial charge in [-0.05, 0) is 53.9 Å². The molecule has 0 aromatic heterocycles. The van der Waals surface area contributed by atoms with Crippen molar-refractivity contribution in [1.29, 1.82) is 0 Å². The fourth-order valence-corrected chi connectivity index (χ4v) is 6.51. The molecule has 0 spiro atoms.